The molecule has 102 valence electrons. The van der Waals surface area contributed by atoms with Gasteiger partial charge >= 0.3 is 0 Å². The van der Waals surface area contributed by atoms with E-state index in [2.05, 4.69) is 9.82 Å². The van der Waals surface area contributed by atoms with E-state index < -0.39 is 10.0 Å². The summed E-state index contributed by atoms with van der Waals surface area (Å²) in [6.45, 7) is 3.50. The average molecular weight is 280 g/mol. The quantitative estimate of drug-likeness (QED) is 0.832. The predicted octanol–water partition coefficient (Wildman–Crippen LogP) is 1.42. The summed E-state index contributed by atoms with van der Waals surface area (Å²) < 4.78 is 28.7. The lowest BCUT2D eigenvalue weighted by Crippen LogP contribution is -2.18. The molecule has 0 atom stereocenters. The first-order valence-corrected chi connectivity index (χ1v) is 7.18. The molecular weight excluding hydrogens is 264 g/mol. The minimum atomic E-state index is -3.72. The number of aromatic nitrogens is 2. The maximum absolute atomic E-state index is 12.4. The summed E-state index contributed by atoms with van der Waals surface area (Å²) in [7, 11) is -2.05. The van der Waals surface area contributed by atoms with Crippen molar-refractivity contribution in [1.82, 2.24) is 9.78 Å². The number of nitrogens with zero attached hydrogens (tertiary/aromatic N) is 2. The number of sulfonamides is 1. The number of hydrogen-bond donors (Lipinski definition) is 2. The van der Waals surface area contributed by atoms with E-state index in [4.69, 9.17) is 5.73 Å². The van der Waals surface area contributed by atoms with Gasteiger partial charge in [-0.1, -0.05) is 12.1 Å². The van der Waals surface area contributed by atoms with Gasteiger partial charge in [0, 0.05) is 13.1 Å². The Labute approximate surface area is 112 Å². The summed E-state index contributed by atoms with van der Waals surface area (Å²) in [6.07, 6.45) is 0. The van der Waals surface area contributed by atoms with Gasteiger partial charge in [0.15, 0.2) is 0 Å². The van der Waals surface area contributed by atoms with Crippen LogP contribution in [-0.4, -0.2) is 18.2 Å². The molecule has 0 fully saturated rings. The average Bonchev–Trinajstić information content (AvgIpc) is 2.55. The molecule has 3 N–H and O–H groups in total. The maximum Gasteiger partial charge on any atom is 0.265 e. The van der Waals surface area contributed by atoms with Crippen LogP contribution < -0.4 is 10.5 Å². The highest BCUT2D eigenvalue weighted by molar-refractivity contribution is 7.93. The fourth-order valence-electron chi connectivity index (χ4n) is 1.94. The second-order valence-electron chi connectivity index (χ2n) is 4.39. The maximum atomic E-state index is 12.4. The van der Waals surface area contributed by atoms with Crippen molar-refractivity contribution in [3.63, 3.8) is 0 Å². The number of anilines is 2. The molecule has 0 saturated carbocycles. The molecule has 7 heteroatoms. The van der Waals surface area contributed by atoms with Gasteiger partial charge in [-0.05, 0) is 25.5 Å². The Morgan fingerprint density at radius 3 is 2.53 bits per heavy atom. The van der Waals surface area contributed by atoms with Gasteiger partial charge in [-0.2, -0.15) is 5.10 Å². The Balaban J connectivity index is 2.47. The van der Waals surface area contributed by atoms with Crippen LogP contribution in [0.1, 0.15) is 11.3 Å². The molecule has 0 unspecified atom stereocenters. The van der Waals surface area contributed by atoms with Crippen molar-refractivity contribution < 1.29 is 8.42 Å². The van der Waals surface area contributed by atoms with E-state index in [0.29, 0.717) is 11.4 Å². The fourth-order valence-corrected chi connectivity index (χ4v) is 3.38. The van der Waals surface area contributed by atoms with Crippen molar-refractivity contribution in [1.29, 1.82) is 0 Å². The molecule has 0 radical (unpaired) electrons. The summed E-state index contributed by atoms with van der Waals surface area (Å²) >= 11 is 0. The first-order chi connectivity index (χ1) is 8.81. The Morgan fingerprint density at radius 2 is 2.00 bits per heavy atom. The molecule has 1 aromatic heterocycles. The van der Waals surface area contributed by atoms with E-state index in [1.807, 2.05) is 0 Å². The summed E-state index contributed by atoms with van der Waals surface area (Å²) in [4.78, 5) is 0.105. The zero-order valence-corrected chi connectivity index (χ0v) is 11.8. The summed E-state index contributed by atoms with van der Waals surface area (Å²) in [5, 5.41) is 4.09. The summed E-state index contributed by atoms with van der Waals surface area (Å²) in [5.74, 6) is 0.403. The van der Waals surface area contributed by atoms with Crippen molar-refractivity contribution in [2.24, 2.45) is 7.05 Å². The number of rotatable bonds is 3. The van der Waals surface area contributed by atoms with Crippen LogP contribution in [0.4, 0.5) is 11.5 Å². The molecule has 0 aliphatic carbocycles. The lowest BCUT2D eigenvalue weighted by Gasteiger charge is -2.12. The lowest BCUT2D eigenvalue weighted by atomic mass is 10.2. The molecule has 0 saturated heterocycles. The Morgan fingerprint density at radius 1 is 1.32 bits per heavy atom. The smallest absolute Gasteiger partial charge is 0.265 e. The van der Waals surface area contributed by atoms with Gasteiger partial charge in [-0.3, -0.25) is 9.40 Å². The number of nitrogens with one attached hydrogen (secondary N) is 1. The topological polar surface area (TPSA) is 90.0 Å². The molecule has 0 aliphatic rings. The van der Waals surface area contributed by atoms with Gasteiger partial charge in [0.25, 0.3) is 10.0 Å². The zero-order valence-electron chi connectivity index (χ0n) is 11.0. The predicted molar refractivity (Wildman–Crippen MR) is 74.3 cm³/mol. The third-order valence-corrected chi connectivity index (χ3v) is 4.32. The highest BCUT2D eigenvalue weighted by Gasteiger charge is 2.21. The Bertz CT molecular complexity index is 699. The van der Waals surface area contributed by atoms with E-state index in [1.54, 1.807) is 45.2 Å². The van der Waals surface area contributed by atoms with Crippen LogP contribution in [0.25, 0.3) is 0 Å². The van der Waals surface area contributed by atoms with E-state index in [9.17, 15) is 8.42 Å². The molecule has 1 heterocycles. The van der Waals surface area contributed by atoms with Crippen LogP contribution in [0.3, 0.4) is 0 Å². The number of benzene rings is 1. The van der Waals surface area contributed by atoms with Crippen LogP contribution in [0, 0.1) is 13.8 Å². The second kappa shape index (κ2) is 4.58. The van der Waals surface area contributed by atoms with Gasteiger partial charge in [-0.25, -0.2) is 8.42 Å². The van der Waals surface area contributed by atoms with Crippen molar-refractivity contribution in [3.05, 3.63) is 35.5 Å². The SMILES string of the molecule is Cc1cc(NS(=O)(=O)c2c(C)cccc2N)n(C)n1. The minimum Gasteiger partial charge on any atom is -0.398 e. The highest BCUT2D eigenvalue weighted by Crippen LogP contribution is 2.24. The number of aryl methyl sites for hydroxylation is 3. The third kappa shape index (κ3) is 2.55. The molecule has 0 amide bonds. The molecule has 2 aromatic rings. The number of nitrogen functional groups attached to an aromatic ring is 1. The molecule has 6 nitrogen and oxygen atoms in total. The normalized spacial score (nSPS) is 11.5. The number of hydrogen-bond acceptors (Lipinski definition) is 4. The van der Waals surface area contributed by atoms with Crippen molar-refractivity contribution in [2.45, 2.75) is 18.7 Å². The van der Waals surface area contributed by atoms with Crippen molar-refractivity contribution >= 4 is 21.5 Å². The second-order valence-corrected chi connectivity index (χ2v) is 6.01. The Kier molecular flexibility index (Phi) is 3.23. The van der Waals surface area contributed by atoms with Crippen molar-refractivity contribution in [3.8, 4) is 0 Å². The standard InChI is InChI=1S/C12H16N4O2S/c1-8-5-4-6-10(13)12(8)19(17,18)15-11-7-9(2)14-16(11)3/h4-7,15H,13H2,1-3H3. The molecule has 2 rings (SSSR count). The molecule has 19 heavy (non-hydrogen) atoms. The summed E-state index contributed by atoms with van der Waals surface area (Å²) in [6, 6.07) is 6.65. The minimum absolute atomic E-state index is 0.105. The van der Waals surface area contributed by atoms with Crippen molar-refractivity contribution in [2.75, 3.05) is 10.5 Å². The first-order valence-electron chi connectivity index (χ1n) is 5.70. The molecule has 1 aromatic carbocycles. The molecule has 0 spiro atoms. The van der Waals surface area contributed by atoms with Crippen LogP contribution in [-0.2, 0) is 17.1 Å². The highest BCUT2D eigenvalue weighted by atomic mass is 32.2. The Hall–Kier alpha value is -2.02. The van der Waals surface area contributed by atoms with Crippen LogP contribution >= 0.6 is 0 Å². The third-order valence-electron chi connectivity index (χ3n) is 2.75. The number of nitrogens with two attached hydrogens (primary N) is 1. The van der Waals surface area contributed by atoms with Gasteiger partial charge in [0.05, 0.1) is 11.4 Å². The van der Waals surface area contributed by atoms with Crippen LogP contribution in [0.2, 0.25) is 0 Å². The lowest BCUT2D eigenvalue weighted by molar-refractivity contribution is 0.600. The van der Waals surface area contributed by atoms with Crippen LogP contribution in [0.5, 0.6) is 0 Å². The van der Waals surface area contributed by atoms with E-state index in [0.717, 1.165) is 5.69 Å². The first kappa shape index (κ1) is 13.4. The van der Waals surface area contributed by atoms with E-state index >= 15 is 0 Å². The van der Waals surface area contributed by atoms with Crippen LogP contribution in [0.15, 0.2) is 29.2 Å². The monoisotopic (exact) mass is 280 g/mol. The van der Waals surface area contributed by atoms with E-state index in [-0.39, 0.29) is 10.6 Å². The molecular formula is C12H16N4O2S. The van der Waals surface area contributed by atoms with Gasteiger partial charge in [-0.15, -0.1) is 0 Å². The van der Waals surface area contributed by atoms with E-state index in [1.165, 1.54) is 4.68 Å². The van der Waals surface area contributed by atoms with Gasteiger partial charge in [0.1, 0.15) is 10.7 Å². The van der Waals surface area contributed by atoms with Gasteiger partial charge in [0.2, 0.25) is 0 Å². The fraction of sp³-hybridized carbons (Fsp3) is 0.250. The molecule has 0 bridgehead atoms. The van der Waals surface area contributed by atoms with Gasteiger partial charge < -0.3 is 5.73 Å². The summed E-state index contributed by atoms with van der Waals surface area (Å²) in [5.41, 5.74) is 7.33. The molecule has 0 aliphatic heterocycles. The zero-order chi connectivity index (χ0) is 14.2. The largest absolute Gasteiger partial charge is 0.398 e.